The summed E-state index contributed by atoms with van der Waals surface area (Å²) < 4.78 is 5.86. The molecule has 4 rings (SSSR count). The Morgan fingerprint density at radius 1 is 1.08 bits per heavy atom. The minimum absolute atomic E-state index is 0.0418. The number of nitrogens with one attached hydrogen (secondary N) is 3. The van der Waals surface area contributed by atoms with Crippen LogP contribution in [0.3, 0.4) is 0 Å². The number of amides is 1. The minimum atomic E-state index is -0.0418. The fraction of sp³-hybridized carbons (Fsp3) is 0.286. The molecule has 0 radical (unpaired) electrons. The first-order valence-corrected chi connectivity index (χ1v) is 9.09. The van der Waals surface area contributed by atoms with Gasteiger partial charge in [0.2, 0.25) is 0 Å². The summed E-state index contributed by atoms with van der Waals surface area (Å²) in [5.41, 5.74) is 2.63. The molecule has 5 nitrogen and oxygen atoms in total. The van der Waals surface area contributed by atoms with E-state index in [0.29, 0.717) is 12.3 Å². The molecule has 1 aliphatic heterocycles. The van der Waals surface area contributed by atoms with Gasteiger partial charge in [0.25, 0.3) is 5.91 Å². The quantitative estimate of drug-likeness (QED) is 0.662. The van der Waals surface area contributed by atoms with Crippen molar-refractivity contribution in [2.45, 2.75) is 25.5 Å². The van der Waals surface area contributed by atoms with Gasteiger partial charge in [0.1, 0.15) is 18.1 Å². The van der Waals surface area contributed by atoms with Crippen LogP contribution in [0.2, 0.25) is 0 Å². The van der Waals surface area contributed by atoms with E-state index in [1.54, 1.807) is 0 Å². The van der Waals surface area contributed by atoms with E-state index in [2.05, 4.69) is 15.6 Å². The average molecular weight is 349 g/mol. The zero-order valence-electron chi connectivity index (χ0n) is 14.6. The predicted molar refractivity (Wildman–Crippen MR) is 102 cm³/mol. The molecule has 0 unspecified atom stereocenters. The summed E-state index contributed by atoms with van der Waals surface area (Å²) in [6.45, 7) is 2.44. The highest BCUT2D eigenvalue weighted by Gasteiger charge is 2.17. The minimum Gasteiger partial charge on any atom is -0.489 e. The Morgan fingerprint density at radius 2 is 1.88 bits per heavy atom. The Hall–Kier alpha value is -2.79. The van der Waals surface area contributed by atoms with E-state index < -0.39 is 0 Å². The molecule has 1 aliphatic rings. The maximum Gasteiger partial charge on any atom is 0.267 e. The van der Waals surface area contributed by atoms with Crippen LogP contribution in [0.4, 0.5) is 0 Å². The molecule has 2 aromatic carbocycles. The normalized spacial score (nSPS) is 15.1. The fourth-order valence-corrected chi connectivity index (χ4v) is 3.29. The molecule has 0 saturated carbocycles. The van der Waals surface area contributed by atoms with Gasteiger partial charge in [-0.2, -0.15) is 0 Å². The molecule has 3 aromatic rings. The molecule has 0 spiro atoms. The molecular formula is C21H23N3O2. The number of H-pyrrole nitrogens is 1. The Morgan fingerprint density at radius 3 is 2.69 bits per heavy atom. The number of hydrogen-bond acceptors (Lipinski definition) is 3. The number of carbonyl (C=O) groups excluding carboxylic acids is 1. The van der Waals surface area contributed by atoms with Crippen LogP contribution >= 0.6 is 0 Å². The van der Waals surface area contributed by atoms with Crippen molar-refractivity contribution in [3.63, 3.8) is 0 Å². The van der Waals surface area contributed by atoms with E-state index in [4.69, 9.17) is 4.74 Å². The van der Waals surface area contributed by atoms with Gasteiger partial charge in [-0.1, -0.05) is 30.3 Å². The molecule has 5 heteroatoms. The zero-order chi connectivity index (χ0) is 17.8. The molecule has 1 aromatic heterocycles. The smallest absolute Gasteiger partial charge is 0.267 e. The summed E-state index contributed by atoms with van der Waals surface area (Å²) in [4.78, 5) is 15.7. The summed E-state index contributed by atoms with van der Waals surface area (Å²) in [7, 11) is 0. The summed E-state index contributed by atoms with van der Waals surface area (Å²) in [6.07, 6.45) is 1.95. The number of fused-ring (bicyclic) bond motifs is 1. The van der Waals surface area contributed by atoms with E-state index in [9.17, 15) is 4.79 Å². The Kier molecular flexibility index (Phi) is 4.88. The topological polar surface area (TPSA) is 66.2 Å². The van der Waals surface area contributed by atoms with Crippen molar-refractivity contribution < 1.29 is 9.53 Å². The number of carbonyl (C=O) groups is 1. The van der Waals surface area contributed by atoms with Gasteiger partial charge < -0.3 is 20.4 Å². The lowest BCUT2D eigenvalue weighted by Crippen LogP contribution is -2.42. The molecule has 1 saturated heterocycles. The molecule has 134 valence electrons. The van der Waals surface area contributed by atoms with Crippen LogP contribution < -0.4 is 15.4 Å². The lowest BCUT2D eigenvalue weighted by Gasteiger charge is -2.23. The van der Waals surface area contributed by atoms with Gasteiger partial charge in [-0.15, -0.1) is 0 Å². The van der Waals surface area contributed by atoms with Crippen molar-refractivity contribution >= 4 is 16.8 Å². The average Bonchev–Trinajstić information content (AvgIpc) is 3.11. The number of ether oxygens (including phenoxy) is 1. The lowest BCUT2D eigenvalue weighted by atomic mass is 10.1. The zero-order valence-corrected chi connectivity index (χ0v) is 14.6. The maximum atomic E-state index is 12.5. The van der Waals surface area contributed by atoms with Crippen LogP contribution in [0, 0.1) is 0 Å². The van der Waals surface area contributed by atoms with Gasteiger partial charge in [0.15, 0.2) is 0 Å². The van der Waals surface area contributed by atoms with E-state index in [1.807, 2.05) is 54.6 Å². The number of piperidine rings is 1. The SMILES string of the molecule is O=C(NC1CCNCC1)c1cc2ccc(OCc3ccccc3)cc2[nH]1. The molecule has 1 fully saturated rings. The number of rotatable bonds is 5. The third-order valence-electron chi connectivity index (χ3n) is 4.76. The van der Waals surface area contributed by atoms with E-state index >= 15 is 0 Å². The predicted octanol–water partition coefficient (Wildman–Crippen LogP) is 3.23. The first-order valence-electron chi connectivity index (χ1n) is 9.09. The second-order valence-electron chi connectivity index (χ2n) is 6.70. The number of aromatic amines is 1. The van der Waals surface area contributed by atoms with Gasteiger partial charge in [-0.3, -0.25) is 4.79 Å². The molecule has 0 atom stereocenters. The Balaban J connectivity index is 1.44. The van der Waals surface area contributed by atoms with Crippen molar-refractivity contribution in [3.8, 4) is 5.75 Å². The third kappa shape index (κ3) is 3.89. The van der Waals surface area contributed by atoms with E-state index in [0.717, 1.165) is 48.1 Å². The van der Waals surface area contributed by atoms with Gasteiger partial charge in [0, 0.05) is 23.0 Å². The van der Waals surface area contributed by atoms with Crippen LogP contribution in [0.1, 0.15) is 28.9 Å². The monoisotopic (exact) mass is 349 g/mol. The number of benzene rings is 2. The third-order valence-corrected chi connectivity index (χ3v) is 4.76. The molecule has 2 heterocycles. The summed E-state index contributed by atoms with van der Waals surface area (Å²) in [6, 6.07) is 18.1. The Bertz CT molecular complexity index is 883. The number of aromatic nitrogens is 1. The van der Waals surface area contributed by atoms with Gasteiger partial charge in [0.05, 0.1) is 0 Å². The molecular weight excluding hydrogens is 326 g/mol. The van der Waals surface area contributed by atoms with Crippen LogP contribution in [0.25, 0.3) is 10.9 Å². The molecule has 3 N–H and O–H groups in total. The van der Waals surface area contributed by atoms with Crippen LogP contribution in [0.15, 0.2) is 54.6 Å². The molecule has 0 aliphatic carbocycles. The van der Waals surface area contributed by atoms with Crippen LogP contribution in [-0.4, -0.2) is 30.0 Å². The van der Waals surface area contributed by atoms with Gasteiger partial charge >= 0.3 is 0 Å². The van der Waals surface area contributed by atoms with Crippen molar-refractivity contribution in [1.82, 2.24) is 15.6 Å². The largest absolute Gasteiger partial charge is 0.489 e. The highest BCUT2D eigenvalue weighted by Crippen LogP contribution is 2.22. The van der Waals surface area contributed by atoms with Gasteiger partial charge in [-0.25, -0.2) is 0 Å². The van der Waals surface area contributed by atoms with Gasteiger partial charge in [-0.05, 0) is 49.7 Å². The highest BCUT2D eigenvalue weighted by molar-refractivity contribution is 5.98. The standard InChI is InChI=1S/C21H23N3O2/c25-21(23-17-8-10-22-11-9-17)20-12-16-6-7-18(13-19(16)24-20)26-14-15-4-2-1-3-5-15/h1-7,12-13,17,22,24H,8-11,14H2,(H,23,25). The van der Waals surface area contributed by atoms with Crippen molar-refractivity contribution in [2.75, 3.05) is 13.1 Å². The van der Waals surface area contributed by atoms with E-state index in [1.165, 1.54) is 0 Å². The van der Waals surface area contributed by atoms with Crippen molar-refractivity contribution in [2.24, 2.45) is 0 Å². The molecule has 26 heavy (non-hydrogen) atoms. The van der Waals surface area contributed by atoms with Crippen LogP contribution in [-0.2, 0) is 6.61 Å². The lowest BCUT2D eigenvalue weighted by molar-refractivity contribution is 0.0925. The summed E-state index contributed by atoms with van der Waals surface area (Å²) in [5, 5.41) is 7.43. The fourth-order valence-electron chi connectivity index (χ4n) is 3.29. The first kappa shape index (κ1) is 16.7. The van der Waals surface area contributed by atoms with E-state index in [-0.39, 0.29) is 11.9 Å². The van der Waals surface area contributed by atoms with Crippen molar-refractivity contribution in [3.05, 3.63) is 65.9 Å². The molecule has 0 bridgehead atoms. The summed E-state index contributed by atoms with van der Waals surface area (Å²) >= 11 is 0. The highest BCUT2D eigenvalue weighted by atomic mass is 16.5. The van der Waals surface area contributed by atoms with Crippen molar-refractivity contribution in [1.29, 1.82) is 0 Å². The maximum absolute atomic E-state index is 12.5. The first-order chi connectivity index (χ1) is 12.8. The van der Waals surface area contributed by atoms with Crippen LogP contribution in [0.5, 0.6) is 5.75 Å². The molecule has 1 amide bonds. The second-order valence-corrected chi connectivity index (χ2v) is 6.70. The number of hydrogen-bond donors (Lipinski definition) is 3. The second kappa shape index (κ2) is 7.62. The Labute approximate surface area is 152 Å². The summed E-state index contributed by atoms with van der Waals surface area (Å²) in [5.74, 6) is 0.744.